The molecule has 2 rings (SSSR count). The first-order valence-electron chi connectivity index (χ1n) is 5.08. The van der Waals surface area contributed by atoms with E-state index in [9.17, 15) is 0 Å². The van der Waals surface area contributed by atoms with E-state index in [1.54, 1.807) is 0 Å². The molecule has 0 unspecified atom stereocenters. The number of nitrogens with one attached hydrogen (secondary N) is 1. The number of hydrogen-bond acceptors (Lipinski definition) is 1. The van der Waals surface area contributed by atoms with Crippen LogP contribution < -0.4 is 5.32 Å². The molecular weight excluding hydrogens is 146 g/mol. The Labute approximate surface area is 74.9 Å². The van der Waals surface area contributed by atoms with E-state index in [-0.39, 0.29) is 0 Å². The van der Waals surface area contributed by atoms with E-state index in [1.165, 1.54) is 25.7 Å². The van der Waals surface area contributed by atoms with Crippen LogP contribution in [-0.2, 0) is 0 Å². The van der Waals surface area contributed by atoms with Crippen LogP contribution in [0.3, 0.4) is 0 Å². The second kappa shape index (κ2) is 3.49. The van der Waals surface area contributed by atoms with E-state index in [0.717, 1.165) is 30.8 Å². The molecule has 1 N–H and O–H groups in total. The van der Waals surface area contributed by atoms with Crippen molar-refractivity contribution in [2.24, 2.45) is 11.8 Å². The second-order valence-corrected chi connectivity index (χ2v) is 4.11. The van der Waals surface area contributed by atoms with Gasteiger partial charge in [-0.2, -0.15) is 0 Å². The van der Waals surface area contributed by atoms with Crippen molar-refractivity contribution in [1.82, 2.24) is 5.32 Å². The number of rotatable bonds is 5. The third kappa shape index (κ3) is 2.01. The fourth-order valence-corrected chi connectivity index (χ4v) is 1.94. The van der Waals surface area contributed by atoms with E-state index in [0.29, 0.717) is 0 Å². The lowest BCUT2D eigenvalue weighted by atomic mass is 10.1. The zero-order valence-electron chi connectivity index (χ0n) is 7.55. The fraction of sp³-hybridized carbons (Fsp3) is 0.818. The van der Waals surface area contributed by atoms with Gasteiger partial charge in [0.1, 0.15) is 0 Å². The summed E-state index contributed by atoms with van der Waals surface area (Å²) in [5.41, 5.74) is 0. The van der Waals surface area contributed by atoms with Gasteiger partial charge in [0.25, 0.3) is 0 Å². The molecule has 0 atom stereocenters. The van der Waals surface area contributed by atoms with Gasteiger partial charge in [0, 0.05) is 19.0 Å². The summed E-state index contributed by atoms with van der Waals surface area (Å²) < 4.78 is 0. The molecule has 0 saturated heterocycles. The zero-order valence-corrected chi connectivity index (χ0v) is 7.55. The van der Waals surface area contributed by atoms with E-state index >= 15 is 0 Å². The van der Waals surface area contributed by atoms with Crippen molar-refractivity contribution < 1.29 is 0 Å². The van der Waals surface area contributed by atoms with Gasteiger partial charge < -0.3 is 5.32 Å². The highest BCUT2D eigenvalue weighted by Gasteiger charge is 2.40. The van der Waals surface area contributed by atoms with E-state index < -0.39 is 0 Å². The van der Waals surface area contributed by atoms with E-state index in [2.05, 4.69) is 11.2 Å². The van der Waals surface area contributed by atoms with Gasteiger partial charge in [-0.1, -0.05) is 0 Å². The molecule has 0 radical (unpaired) electrons. The van der Waals surface area contributed by atoms with Gasteiger partial charge in [0.2, 0.25) is 0 Å². The van der Waals surface area contributed by atoms with Crippen LogP contribution in [0.25, 0.3) is 0 Å². The Balaban J connectivity index is 1.70. The summed E-state index contributed by atoms with van der Waals surface area (Å²) in [4.78, 5) is 0. The predicted octanol–water partition coefficient (Wildman–Crippen LogP) is 1.79. The van der Waals surface area contributed by atoms with Crippen molar-refractivity contribution in [3.05, 3.63) is 0 Å². The Kier molecular flexibility index (Phi) is 2.37. The topological polar surface area (TPSA) is 12.0 Å². The first-order valence-corrected chi connectivity index (χ1v) is 5.08. The highest BCUT2D eigenvalue weighted by molar-refractivity contribution is 4.97. The monoisotopic (exact) mass is 163 g/mol. The van der Waals surface area contributed by atoms with E-state index in [1.807, 2.05) is 0 Å². The van der Waals surface area contributed by atoms with Gasteiger partial charge in [0.15, 0.2) is 0 Å². The number of terminal acetylenes is 1. The largest absolute Gasteiger partial charge is 0.312 e. The van der Waals surface area contributed by atoms with Gasteiger partial charge in [-0.05, 0) is 37.5 Å². The van der Waals surface area contributed by atoms with Gasteiger partial charge >= 0.3 is 0 Å². The van der Waals surface area contributed by atoms with Gasteiger partial charge in [-0.25, -0.2) is 0 Å². The third-order valence-corrected chi connectivity index (χ3v) is 2.91. The zero-order chi connectivity index (χ0) is 8.39. The molecule has 66 valence electrons. The third-order valence-electron chi connectivity index (χ3n) is 2.91. The fourth-order valence-electron chi connectivity index (χ4n) is 1.94. The van der Waals surface area contributed by atoms with Crippen LogP contribution in [0.15, 0.2) is 0 Å². The first-order chi connectivity index (χ1) is 5.92. The van der Waals surface area contributed by atoms with Crippen LogP contribution >= 0.6 is 0 Å². The molecule has 0 aliphatic heterocycles. The lowest BCUT2D eigenvalue weighted by Crippen LogP contribution is -2.33. The summed E-state index contributed by atoms with van der Waals surface area (Å²) in [5, 5.41) is 3.60. The van der Waals surface area contributed by atoms with Crippen molar-refractivity contribution in [3.63, 3.8) is 0 Å². The minimum atomic E-state index is 0.818. The van der Waals surface area contributed by atoms with Crippen molar-refractivity contribution in [2.75, 3.05) is 6.54 Å². The molecule has 2 aliphatic carbocycles. The molecule has 0 spiro atoms. The van der Waals surface area contributed by atoms with E-state index in [4.69, 9.17) is 6.42 Å². The Hall–Kier alpha value is -0.480. The molecule has 0 amide bonds. The maximum Gasteiger partial charge on any atom is 0.0212 e. The van der Waals surface area contributed by atoms with Crippen molar-refractivity contribution in [3.8, 4) is 12.3 Å². The summed E-state index contributed by atoms with van der Waals surface area (Å²) in [6.07, 6.45) is 11.9. The van der Waals surface area contributed by atoms with Gasteiger partial charge in [0.05, 0.1) is 0 Å². The molecule has 2 saturated carbocycles. The summed E-state index contributed by atoms with van der Waals surface area (Å²) in [7, 11) is 0. The Morgan fingerprint density at radius 2 is 1.83 bits per heavy atom. The Morgan fingerprint density at radius 3 is 2.25 bits per heavy atom. The number of hydrogen-bond donors (Lipinski definition) is 1. The minimum absolute atomic E-state index is 0.818. The molecule has 2 aliphatic rings. The highest BCUT2D eigenvalue weighted by atomic mass is 14.9. The molecule has 0 aromatic rings. The van der Waals surface area contributed by atoms with Crippen LogP contribution in [0.5, 0.6) is 0 Å². The Bertz CT molecular complexity index is 172. The van der Waals surface area contributed by atoms with Crippen LogP contribution in [-0.4, -0.2) is 12.6 Å². The molecule has 0 heterocycles. The average Bonchev–Trinajstić information content (AvgIpc) is 2.87. The van der Waals surface area contributed by atoms with Gasteiger partial charge in [-0.3, -0.25) is 0 Å². The summed E-state index contributed by atoms with van der Waals surface area (Å²) >= 11 is 0. The maximum atomic E-state index is 5.21. The standard InChI is InChI=1S/C11H17N/c1-2-3-8-12-11(9-4-5-9)10-6-7-10/h1,9-12H,3-8H2. The summed E-state index contributed by atoms with van der Waals surface area (Å²) in [6, 6.07) is 0.818. The Morgan fingerprint density at radius 1 is 1.25 bits per heavy atom. The normalized spacial score (nSPS) is 22.7. The maximum absolute atomic E-state index is 5.21. The van der Waals surface area contributed by atoms with Crippen molar-refractivity contribution >= 4 is 0 Å². The van der Waals surface area contributed by atoms with Crippen LogP contribution in [0, 0.1) is 24.2 Å². The van der Waals surface area contributed by atoms with Crippen LogP contribution in [0.2, 0.25) is 0 Å². The predicted molar refractivity (Wildman–Crippen MR) is 50.7 cm³/mol. The molecule has 0 aromatic carbocycles. The molecule has 1 heteroatoms. The smallest absolute Gasteiger partial charge is 0.0212 e. The second-order valence-electron chi connectivity index (χ2n) is 4.11. The molecular formula is C11H17N. The lowest BCUT2D eigenvalue weighted by molar-refractivity contribution is 0.422. The highest BCUT2D eigenvalue weighted by Crippen LogP contribution is 2.44. The van der Waals surface area contributed by atoms with Crippen LogP contribution in [0.4, 0.5) is 0 Å². The molecule has 1 nitrogen and oxygen atoms in total. The minimum Gasteiger partial charge on any atom is -0.312 e. The molecule has 2 fully saturated rings. The van der Waals surface area contributed by atoms with Crippen molar-refractivity contribution in [2.45, 2.75) is 38.1 Å². The summed E-state index contributed by atoms with van der Waals surface area (Å²) in [6.45, 7) is 1.02. The quantitative estimate of drug-likeness (QED) is 0.481. The van der Waals surface area contributed by atoms with Gasteiger partial charge in [-0.15, -0.1) is 12.3 Å². The summed E-state index contributed by atoms with van der Waals surface area (Å²) in [5.74, 6) is 4.67. The average molecular weight is 163 g/mol. The first kappa shape index (κ1) is 8.13. The van der Waals surface area contributed by atoms with Crippen LogP contribution in [0.1, 0.15) is 32.1 Å². The lowest BCUT2D eigenvalue weighted by Gasteiger charge is -2.16. The van der Waals surface area contributed by atoms with Crippen molar-refractivity contribution in [1.29, 1.82) is 0 Å². The SMILES string of the molecule is C#CCCNC(C1CC1)C1CC1. The molecule has 0 aromatic heterocycles. The molecule has 12 heavy (non-hydrogen) atoms. The molecule has 0 bridgehead atoms.